The molecule has 0 spiro atoms. The first-order valence-corrected chi connectivity index (χ1v) is 7.80. The molecule has 1 fully saturated rings. The molecule has 1 aromatic carbocycles. The molecule has 2 heterocycles. The first kappa shape index (κ1) is 14.2. The minimum absolute atomic E-state index is 0.0643. The van der Waals surface area contributed by atoms with E-state index in [4.69, 9.17) is 0 Å². The predicted molar refractivity (Wildman–Crippen MR) is 80.0 cm³/mol. The van der Waals surface area contributed by atoms with Gasteiger partial charge in [0.15, 0.2) is 5.69 Å². The van der Waals surface area contributed by atoms with Crippen LogP contribution in [-0.4, -0.2) is 37.2 Å². The van der Waals surface area contributed by atoms with Gasteiger partial charge in [-0.15, -0.1) is 0 Å². The SMILES string of the molecule is O=C(c1cnsn1)N1CCCC1CC(O)c1ccccc1. The lowest BCUT2D eigenvalue weighted by Gasteiger charge is -2.26. The zero-order valence-corrected chi connectivity index (χ0v) is 12.4. The Bertz CT molecular complexity index is 588. The number of aromatic nitrogens is 2. The second-order valence-corrected chi connectivity index (χ2v) is 5.81. The van der Waals surface area contributed by atoms with Crippen molar-refractivity contribution >= 4 is 17.6 Å². The number of likely N-dealkylation sites (tertiary alicyclic amines) is 1. The van der Waals surface area contributed by atoms with Gasteiger partial charge in [0.25, 0.3) is 5.91 Å². The summed E-state index contributed by atoms with van der Waals surface area (Å²) >= 11 is 1.04. The Kier molecular flexibility index (Phi) is 4.26. The average molecular weight is 303 g/mol. The van der Waals surface area contributed by atoms with Gasteiger partial charge in [-0.1, -0.05) is 30.3 Å². The molecule has 1 aliphatic rings. The number of nitrogens with zero attached hydrogens (tertiary/aromatic N) is 3. The molecule has 0 aliphatic carbocycles. The zero-order chi connectivity index (χ0) is 14.7. The molecule has 2 aromatic rings. The highest BCUT2D eigenvalue weighted by atomic mass is 32.1. The maximum Gasteiger partial charge on any atom is 0.275 e. The van der Waals surface area contributed by atoms with Gasteiger partial charge in [-0.05, 0) is 24.8 Å². The Morgan fingerprint density at radius 1 is 1.43 bits per heavy atom. The molecular formula is C15H17N3O2S. The quantitative estimate of drug-likeness (QED) is 0.941. The third-order valence-corrected chi connectivity index (χ3v) is 4.38. The second-order valence-electron chi connectivity index (χ2n) is 5.25. The number of carbonyl (C=O) groups excluding carboxylic acids is 1. The van der Waals surface area contributed by atoms with Gasteiger partial charge in [0.05, 0.1) is 24.0 Å². The van der Waals surface area contributed by atoms with E-state index in [1.807, 2.05) is 35.2 Å². The fourth-order valence-electron chi connectivity index (χ4n) is 2.82. The van der Waals surface area contributed by atoms with Gasteiger partial charge in [-0.2, -0.15) is 8.75 Å². The normalized spacial score (nSPS) is 19.7. The lowest BCUT2D eigenvalue weighted by molar-refractivity contribution is 0.0662. The molecule has 1 aliphatic heterocycles. The third-order valence-electron chi connectivity index (χ3n) is 3.90. The van der Waals surface area contributed by atoms with Crippen LogP contribution in [0.1, 0.15) is 41.4 Å². The molecule has 3 rings (SSSR count). The molecule has 0 saturated carbocycles. The molecular weight excluding hydrogens is 286 g/mol. The van der Waals surface area contributed by atoms with Gasteiger partial charge >= 0.3 is 0 Å². The first-order chi connectivity index (χ1) is 10.3. The zero-order valence-electron chi connectivity index (χ0n) is 11.6. The number of aliphatic hydroxyl groups excluding tert-OH is 1. The number of carbonyl (C=O) groups is 1. The average Bonchev–Trinajstić information content (AvgIpc) is 3.19. The molecule has 21 heavy (non-hydrogen) atoms. The summed E-state index contributed by atoms with van der Waals surface area (Å²) in [6.07, 6.45) is 3.42. The molecule has 6 heteroatoms. The topological polar surface area (TPSA) is 66.3 Å². The van der Waals surface area contributed by atoms with Gasteiger partial charge in [-0.3, -0.25) is 4.79 Å². The summed E-state index contributed by atoms with van der Waals surface area (Å²) in [7, 11) is 0. The van der Waals surface area contributed by atoms with E-state index < -0.39 is 6.10 Å². The molecule has 0 radical (unpaired) electrons. The van der Waals surface area contributed by atoms with E-state index in [2.05, 4.69) is 8.75 Å². The molecule has 2 atom stereocenters. The van der Waals surface area contributed by atoms with Gasteiger partial charge in [0.1, 0.15) is 0 Å². The number of hydrogen-bond donors (Lipinski definition) is 1. The lowest BCUT2D eigenvalue weighted by Crippen LogP contribution is -2.36. The van der Waals surface area contributed by atoms with Crippen molar-refractivity contribution in [3.8, 4) is 0 Å². The monoisotopic (exact) mass is 303 g/mol. The van der Waals surface area contributed by atoms with Gasteiger partial charge in [0, 0.05) is 12.6 Å². The fraction of sp³-hybridized carbons (Fsp3) is 0.400. The Labute approximate surface area is 127 Å². The summed E-state index contributed by atoms with van der Waals surface area (Å²) in [5.74, 6) is -0.0773. The van der Waals surface area contributed by atoms with Crippen LogP contribution in [0.5, 0.6) is 0 Å². The third kappa shape index (κ3) is 3.11. The summed E-state index contributed by atoms with van der Waals surface area (Å²) in [6.45, 7) is 0.725. The summed E-state index contributed by atoms with van der Waals surface area (Å²) < 4.78 is 7.89. The molecule has 110 valence electrons. The van der Waals surface area contributed by atoms with Crippen molar-refractivity contribution in [2.45, 2.75) is 31.4 Å². The van der Waals surface area contributed by atoms with Crippen molar-refractivity contribution in [2.75, 3.05) is 6.54 Å². The molecule has 1 aromatic heterocycles. The number of aliphatic hydroxyl groups is 1. The van der Waals surface area contributed by atoms with Crippen LogP contribution in [0.25, 0.3) is 0 Å². The first-order valence-electron chi connectivity index (χ1n) is 7.07. The van der Waals surface area contributed by atoms with E-state index in [1.165, 1.54) is 6.20 Å². The number of hydrogen-bond acceptors (Lipinski definition) is 5. The highest BCUT2D eigenvalue weighted by Gasteiger charge is 2.32. The summed E-state index contributed by atoms with van der Waals surface area (Å²) in [4.78, 5) is 14.2. The molecule has 2 unspecified atom stereocenters. The predicted octanol–water partition coefficient (Wildman–Crippen LogP) is 2.27. The maximum absolute atomic E-state index is 12.4. The fourth-order valence-corrected chi connectivity index (χ4v) is 3.23. The standard InChI is InChI=1S/C15H17N3O2S/c19-14(11-5-2-1-3-6-11)9-12-7-4-8-18(12)15(20)13-10-16-21-17-13/h1-3,5-6,10,12,14,19H,4,7-9H2. The van der Waals surface area contributed by atoms with Crippen LogP contribution in [0, 0.1) is 0 Å². The number of rotatable bonds is 4. The smallest absolute Gasteiger partial charge is 0.275 e. The van der Waals surface area contributed by atoms with Crippen molar-refractivity contribution in [2.24, 2.45) is 0 Å². The number of amides is 1. The highest BCUT2D eigenvalue weighted by Crippen LogP contribution is 2.28. The van der Waals surface area contributed by atoms with Crippen LogP contribution in [-0.2, 0) is 0 Å². The molecule has 1 N–H and O–H groups in total. The molecule has 5 nitrogen and oxygen atoms in total. The summed E-state index contributed by atoms with van der Waals surface area (Å²) in [6, 6.07) is 9.64. The van der Waals surface area contributed by atoms with Crippen molar-refractivity contribution in [3.05, 3.63) is 47.8 Å². The second kappa shape index (κ2) is 6.32. The van der Waals surface area contributed by atoms with Crippen LogP contribution in [0.4, 0.5) is 0 Å². The Balaban J connectivity index is 1.68. The van der Waals surface area contributed by atoms with Gasteiger partial charge in [0.2, 0.25) is 0 Å². The van der Waals surface area contributed by atoms with Crippen LogP contribution in [0.15, 0.2) is 36.5 Å². The molecule has 1 amide bonds. The highest BCUT2D eigenvalue weighted by molar-refractivity contribution is 6.99. The minimum atomic E-state index is -0.543. The largest absolute Gasteiger partial charge is 0.388 e. The van der Waals surface area contributed by atoms with E-state index in [0.29, 0.717) is 12.1 Å². The van der Waals surface area contributed by atoms with E-state index in [1.54, 1.807) is 0 Å². The van der Waals surface area contributed by atoms with Crippen molar-refractivity contribution in [1.82, 2.24) is 13.6 Å². The van der Waals surface area contributed by atoms with Crippen molar-refractivity contribution in [1.29, 1.82) is 0 Å². The van der Waals surface area contributed by atoms with E-state index in [-0.39, 0.29) is 11.9 Å². The van der Waals surface area contributed by atoms with Crippen LogP contribution < -0.4 is 0 Å². The van der Waals surface area contributed by atoms with E-state index in [9.17, 15) is 9.90 Å². The van der Waals surface area contributed by atoms with Crippen molar-refractivity contribution in [3.63, 3.8) is 0 Å². The Morgan fingerprint density at radius 3 is 2.95 bits per heavy atom. The summed E-state index contributed by atoms with van der Waals surface area (Å²) in [5, 5.41) is 10.3. The van der Waals surface area contributed by atoms with Crippen LogP contribution >= 0.6 is 11.7 Å². The maximum atomic E-state index is 12.4. The van der Waals surface area contributed by atoms with Crippen LogP contribution in [0.2, 0.25) is 0 Å². The van der Waals surface area contributed by atoms with Crippen LogP contribution in [0.3, 0.4) is 0 Å². The van der Waals surface area contributed by atoms with Gasteiger partial charge < -0.3 is 10.0 Å². The Morgan fingerprint density at radius 2 is 2.24 bits per heavy atom. The number of benzene rings is 1. The summed E-state index contributed by atoms with van der Waals surface area (Å²) in [5.41, 5.74) is 1.30. The minimum Gasteiger partial charge on any atom is -0.388 e. The lowest BCUT2D eigenvalue weighted by atomic mass is 10.0. The molecule has 1 saturated heterocycles. The van der Waals surface area contributed by atoms with E-state index in [0.717, 1.165) is 36.7 Å². The van der Waals surface area contributed by atoms with E-state index >= 15 is 0 Å². The Hall–Kier alpha value is -1.79. The van der Waals surface area contributed by atoms with Crippen molar-refractivity contribution < 1.29 is 9.90 Å². The van der Waals surface area contributed by atoms with Gasteiger partial charge in [-0.25, -0.2) is 0 Å². The molecule has 0 bridgehead atoms.